The minimum atomic E-state index is -0.287. The molecule has 1 aromatic carbocycles. The molecular weight excluding hydrogens is 331 g/mol. The van der Waals surface area contributed by atoms with Gasteiger partial charge in [-0.1, -0.05) is 0 Å². The number of benzene rings is 1. The van der Waals surface area contributed by atoms with E-state index in [4.69, 9.17) is 17.0 Å². The molecule has 1 fully saturated rings. The molecule has 0 radical (unpaired) electrons. The second-order valence-electron chi connectivity index (χ2n) is 5.17. The Bertz CT molecular complexity index is 710. The monoisotopic (exact) mass is 344 g/mol. The molecule has 0 saturated carbocycles. The first-order valence-corrected chi connectivity index (χ1v) is 7.35. The third-order valence-electron chi connectivity index (χ3n) is 4.09. The highest BCUT2D eigenvalue weighted by Crippen LogP contribution is 2.36. The molecule has 0 spiro atoms. The predicted molar refractivity (Wildman–Crippen MR) is 78.5 cm³/mol. The van der Waals surface area contributed by atoms with E-state index in [-0.39, 0.29) is 17.5 Å². The zero-order valence-electron chi connectivity index (χ0n) is 10.7. The number of rotatable bonds is 1. The van der Waals surface area contributed by atoms with Gasteiger partial charge in [0.15, 0.2) is 4.77 Å². The van der Waals surface area contributed by atoms with Gasteiger partial charge in [0.25, 0.3) is 0 Å². The third kappa shape index (κ3) is 1.88. The first kappa shape index (κ1) is 13.3. The van der Waals surface area contributed by atoms with Gasteiger partial charge in [0.1, 0.15) is 5.82 Å². The maximum atomic E-state index is 13.8. The van der Waals surface area contributed by atoms with E-state index in [1.54, 1.807) is 6.07 Å². The predicted octanol–water partition coefficient (Wildman–Crippen LogP) is 4.12. The molecule has 2 unspecified atom stereocenters. The summed E-state index contributed by atoms with van der Waals surface area (Å²) in [6.45, 7) is 4.83. The van der Waals surface area contributed by atoms with Crippen LogP contribution in [0.4, 0.5) is 4.39 Å². The lowest BCUT2D eigenvalue weighted by Gasteiger charge is -2.30. The quantitative estimate of drug-likeness (QED) is 0.788. The average molecular weight is 345 g/mol. The van der Waals surface area contributed by atoms with E-state index in [9.17, 15) is 4.39 Å². The van der Waals surface area contributed by atoms with Gasteiger partial charge in [-0.15, -0.1) is 0 Å². The number of hydrogen-bond donors (Lipinski definition) is 1. The van der Waals surface area contributed by atoms with Crippen LogP contribution in [0, 0.1) is 10.6 Å². The zero-order valence-corrected chi connectivity index (χ0v) is 13.1. The second-order valence-corrected chi connectivity index (χ2v) is 6.41. The van der Waals surface area contributed by atoms with E-state index in [1.165, 1.54) is 6.07 Å². The Morgan fingerprint density at radius 1 is 1.58 bits per heavy atom. The van der Waals surface area contributed by atoms with Crippen molar-refractivity contribution in [1.82, 2.24) is 9.55 Å². The lowest BCUT2D eigenvalue weighted by atomic mass is 9.94. The molecule has 1 aliphatic rings. The molecule has 1 saturated heterocycles. The van der Waals surface area contributed by atoms with Crippen molar-refractivity contribution >= 4 is 39.2 Å². The van der Waals surface area contributed by atoms with Gasteiger partial charge in [-0.05, 0) is 54.5 Å². The van der Waals surface area contributed by atoms with Gasteiger partial charge in [-0.25, -0.2) is 4.39 Å². The van der Waals surface area contributed by atoms with E-state index < -0.39 is 0 Å². The fourth-order valence-corrected chi connectivity index (χ4v) is 3.49. The lowest BCUT2D eigenvalue weighted by molar-refractivity contribution is 0.0770. The highest BCUT2D eigenvalue weighted by atomic mass is 79.9. The summed E-state index contributed by atoms with van der Waals surface area (Å²) in [5, 5.41) is 0. The fraction of sp³-hybridized carbons (Fsp3) is 0.462. The molecular formula is C13H14BrFN2OS. The molecule has 0 amide bonds. The summed E-state index contributed by atoms with van der Waals surface area (Å²) in [7, 11) is 0. The van der Waals surface area contributed by atoms with Gasteiger partial charge in [0.05, 0.1) is 27.1 Å². The van der Waals surface area contributed by atoms with Crippen LogP contribution in [-0.2, 0) is 10.3 Å². The number of nitrogens with one attached hydrogen (secondary N) is 1. The Labute approximate surface area is 123 Å². The van der Waals surface area contributed by atoms with Gasteiger partial charge in [-0.3, -0.25) is 0 Å². The van der Waals surface area contributed by atoms with Crippen LogP contribution in [0.5, 0.6) is 0 Å². The molecule has 1 aliphatic heterocycles. The summed E-state index contributed by atoms with van der Waals surface area (Å²) < 4.78 is 22.5. The molecule has 3 nitrogen and oxygen atoms in total. The number of aromatic amines is 1. The van der Waals surface area contributed by atoms with Gasteiger partial charge in [0, 0.05) is 12.7 Å². The van der Waals surface area contributed by atoms with Crippen LogP contribution in [-0.4, -0.2) is 22.3 Å². The third-order valence-corrected chi connectivity index (χ3v) is 4.98. The van der Waals surface area contributed by atoms with Crippen LogP contribution < -0.4 is 0 Å². The van der Waals surface area contributed by atoms with Crippen molar-refractivity contribution in [2.45, 2.75) is 31.9 Å². The number of ether oxygens (including phenoxy) is 1. The van der Waals surface area contributed by atoms with Crippen LogP contribution in [0.15, 0.2) is 16.6 Å². The first-order chi connectivity index (χ1) is 8.93. The molecule has 0 aliphatic carbocycles. The summed E-state index contributed by atoms with van der Waals surface area (Å²) in [5.41, 5.74) is 1.37. The van der Waals surface area contributed by atoms with Gasteiger partial charge in [0.2, 0.25) is 0 Å². The number of fused-ring (bicyclic) bond motifs is 1. The summed E-state index contributed by atoms with van der Waals surface area (Å²) in [5.74, 6) is -0.287. The summed E-state index contributed by atoms with van der Waals surface area (Å²) in [4.78, 5) is 3.14. The van der Waals surface area contributed by atoms with Crippen molar-refractivity contribution in [3.63, 3.8) is 0 Å². The van der Waals surface area contributed by atoms with Crippen LogP contribution in [0.2, 0.25) is 0 Å². The van der Waals surface area contributed by atoms with E-state index in [0.29, 0.717) is 15.9 Å². The van der Waals surface area contributed by atoms with Crippen molar-refractivity contribution in [3.8, 4) is 0 Å². The molecule has 1 N–H and O–H groups in total. The topological polar surface area (TPSA) is 29.9 Å². The van der Waals surface area contributed by atoms with Crippen molar-refractivity contribution in [2.75, 3.05) is 6.61 Å². The summed E-state index contributed by atoms with van der Waals surface area (Å²) in [6, 6.07) is 3.24. The fourth-order valence-electron chi connectivity index (χ4n) is 2.73. The standard InChI is InChI=1S/C13H14BrFN2OS/c1-7-13(2,3-4-18-7)17-11-6-9(15)8(14)5-10(11)16-12(17)19/h5-7H,3-4H2,1-2H3,(H,16,19). The molecule has 0 bridgehead atoms. The Hall–Kier alpha value is -0.720. The van der Waals surface area contributed by atoms with E-state index in [0.717, 1.165) is 17.5 Å². The van der Waals surface area contributed by atoms with E-state index in [1.807, 2.05) is 11.5 Å². The number of nitrogens with zero attached hydrogens (tertiary/aromatic N) is 1. The van der Waals surface area contributed by atoms with Crippen LogP contribution in [0.1, 0.15) is 20.3 Å². The SMILES string of the molecule is CC1OCCC1(C)n1c(=S)[nH]c2cc(Br)c(F)cc21. The van der Waals surface area contributed by atoms with Crippen LogP contribution in [0.3, 0.4) is 0 Å². The lowest BCUT2D eigenvalue weighted by Crippen LogP contribution is -2.36. The number of hydrogen-bond acceptors (Lipinski definition) is 2. The summed E-state index contributed by atoms with van der Waals surface area (Å²) in [6.07, 6.45) is 0.914. The van der Waals surface area contributed by atoms with Crippen LogP contribution in [0.25, 0.3) is 11.0 Å². The smallest absolute Gasteiger partial charge is 0.178 e. The molecule has 2 aromatic rings. The van der Waals surface area contributed by atoms with Gasteiger partial charge < -0.3 is 14.3 Å². The number of H-pyrrole nitrogens is 1. The Morgan fingerprint density at radius 3 is 2.95 bits per heavy atom. The Balaban J connectivity index is 2.32. The number of halogens is 2. The van der Waals surface area contributed by atoms with Crippen LogP contribution >= 0.6 is 28.1 Å². The molecule has 19 heavy (non-hydrogen) atoms. The van der Waals surface area contributed by atoms with Crippen molar-refractivity contribution in [1.29, 1.82) is 0 Å². The summed E-state index contributed by atoms with van der Waals surface area (Å²) >= 11 is 8.61. The largest absolute Gasteiger partial charge is 0.376 e. The van der Waals surface area contributed by atoms with Crippen molar-refractivity contribution < 1.29 is 9.13 Å². The molecule has 2 heterocycles. The molecule has 1 aromatic heterocycles. The minimum absolute atomic E-state index is 0.0462. The first-order valence-electron chi connectivity index (χ1n) is 6.15. The van der Waals surface area contributed by atoms with Crippen molar-refractivity contribution in [2.24, 2.45) is 0 Å². The number of aromatic nitrogens is 2. The second kappa shape index (κ2) is 4.40. The highest BCUT2D eigenvalue weighted by Gasteiger charge is 2.40. The van der Waals surface area contributed by atoms with Gasteiger partial charge >= 0.3 is 0 Å². The zero-order chi connectivity index (χ0) is 13.8. The average Bonchev–Trinajstić information content (AvgIpc) is 2.81. The Morgan fingerprint density at radius 2 is 2.32 bits per heavy atom. The number of imidazole rings is 1. The molecule has 2 atom stereocenters. The van der Waals surface area contributed by atoms with E-state index in [2.05, 4.69) is 27.8 Å². The maximum Gasteiger partial charge on any atom is 0.178 e. The van der Waals surface area contributed by atoms with Gasteiger partial charge in [-0.2, -0.15) is 0 Å². The molecule has 6 heteroatoms. The van der Waals surface area contributed by atoms with Crippen molar-refractivity contribution in [3.05, 3.63) is 27.2 Å². The van der Waals surface area contributed by atoms with E-state index >= 15 is 0 Å². The molecule has 3 rings (SSSR count). The molecule has 102 valence electrons. The maximum absolute atomic E-state index is 13.8. The minimum Gasteiger partial charge on any atom is -0.376 e. The highest BCUT2D eigenvalue weighted by molar-refractivity contribution is 9.10. The normalized spacial score (nSPS) is 27.3. The Kier molecular flexibility index (Phi) is 3.07.